The lowest BCUT2D eigenvalue weighted by atomic mass is 10.2. The number of nitrogens with zero attached hydrogens (tertiary/aromatic N) is 3. The zero-order valence-corrected chi connectivity index (χ0v) is 15.2. The van der Waals surface area contributed by atoms with Crippen molar-refractivity contribution in [2.75, 3.05) is 13.1 Å². The summed E-state index contributed by atoms with van der Waals surface area (Å²) in [6.07, 6.45) is 0. The van der Waals surface area contributed by atoms with E-state index in [0.717, 1.165) is 0 Å². The number of hydrogen-bond acceptors (Lipinski definition) is 8. The van der Waals surface area contributed by atoms with Gasteiger partial charge in [0.25, 0.3) is 11.1 Å². The molecule has 0 N–H and O–H groups in total. The molecule has 0 bridgehead atoms. The Bertz CT molecular complexity index is 670. The maximum atomic E-state index is 11.7. The minimum atomic E-state index is -0.494. The molecule has 1 aliphatic rings. The highest BCUT2D eigenvalue weighted by molar-refractivity contribution is 8.14. The van der Waals surface area contributed by atoms with Crippen LogP contribution in [0, 0.1) is 0 Å². The van der Waals surface area contributed by atoms with Crippen LogP contribution in [0.1, 0.15) is 27.9 Å². The third-order valence-electron chi connectivity index (χ3n) is 2.75. The van der Waals surface area contributed by atoms with Crippen molar-refractivity contribution >= 4 is 62.3 Å². The molecule has 1 saturated heterocycles. The van der Waals surface area contributed by atoms with Gasteiger partial charge in [-0.2, -0.15) is 0 Å². The lowest BCUT2D eigenvalue weighted by Gasteiger charge is -2.37. The second kappa shape index (κ2) is 8.53. The molecule has 0 radical (unpaired) electrons. The molecule has 122 valence electrons. The van der Waals surface area contributed by atoms with Gasteiger partial charge in [0.05, 0.1) is 11.0 Å². The van der Waals surface area contributed by atoms with Crippen LogP contribution in [0.2, 0.25) is 0 Å². The van der Waals surface area contributed by atoms with Crippen molar-refractivity contribution in [2.45, 2.75) is 12.2 Å². The third-order valence-corrected chi connectivity index (χ3v) is 5.08. The van der Waals surface area contributed by atoms with Gasteiger partial charge < -0.3 is 4.90 Å². The van der Waals surface area contributed by atoms with Crippen LogP contribution in [0.3, 0.4) is 0 Å². The van der Waals surface area contributed by atoms with Crippen molar-refractivity contribution in [3.63, 3.8) is 0 Å². The predicted octanol–water partition coefficient (Wildman–Crippen LogP) is 2.77. The van der Waals surface area contributed by atoms with Gasteiger partial charge in [0.15, 0.2) is 5.12 Å². The molecule has 1 fully saturated rings. The first-order chi connectivity index (χ1) is 11.0. The Labute approximate surface area is 149 Å². The van der Waals surface area contributed by atoms with Crippen LogP contribution in [0.5, 0.6) is 0 Å². The number of thiazole rings is 2. The number of hydrogen-bond donors (Lipinski definition) is 0. The van der Waals surface area contributed by atoms with Gasteiger partial charge in [0.2, 0.25) is 0 Å². The molecule has 2 aromatic heterocycles. The van der Waals surface area contributed by atoms with Gasteiger partial charge in [-0.15, -0.1) is 22.7 Å². The second-order valence-corrected chi connectivity index (χ2v) is 7.72. The minimum absolute atomic E-state index is 0.0309. The molecule has 0 aromatic carbocycles. The smallest absolute Gasteiger partial charge is 0.273 e. The standard InChI is InChI=1S/C9H10N2O2S2.C4H2ClNOS/c1-6(12)15-7-2-11(3-7)9(13)8-4-14-5-10-8;5-4(7)3-1-8-2-6-3/h4-5,7H,2-3H2,1H3;1-2H. The van der Waals surface area contributed by atoms with Crippen molar-refractivity contribution in [1.82, 2.24) is 14.9 Å². The first kappa shape index (κ1) is 18.1. The molecule has 0 atom stereocenters. The van der Waals surface area contributed by atoms with Crippen LogP contribution in [0.25, 0.3) is 0 Å². The zero-order chi connectivity index (χ0) is 16.8. The van der Waals surface area contributed by atoms with Gasteiger partial charge in [-0.1, -0.05) is 11.8 Å². The second-order valence-electron chi connectivity index (χ2n) is 4.46. The molecule has 1 amide bonds. The van der Waals surface area contributed by atoms with E-state index in [4.69, 9.17) is 11.6 Å². The summed E-state index contributed by atoms with van der Waals surface area (Å²) in [5, 5.41) is 3.24. The van der Waals surface area contributed by atoms with E-state index in [1.165, 1.54) is 34.4 Å². The van der Waals surface area contributed by atoms with Gasteiger partial charge in [-0.25, -0.2) is 9.97 Å². The Hall–Kier alpha value is -1.29. The fourth-order valence-corrected chi connectivity index (χ4v) is 3.91. The molecule has 10 heteroatoms. The van der Waals surface area contributed by atoms with Gasteiger partial charge >= 0.3 is 0 Å². The number of carbonyl (C=O) groups is 3. The molecule has 0 aliphatic carbocycles. The lowest BCUT2D eigenvalue weighted by Crippen LogP contribution is -2.52. The van der Waals surface area contributed by atoms with E-state index in [1.54, 1.807) is 33.6 Å². The largest absolute Gasteiger partial charge is 0.335 e. The number of likely N-dealkylation sites (tertiary alicyclic amines) is 1. The molecule has 23 heavy (non-hydrogen) atoms. The highest BCUT2D eigenvalue weighted by atomic mass is 35.5. The summed E-state index contributed by atoms with van der Waals surface area (Å²) in [6.45, 7) is 2.86. The molecule has 6 nitrogen and oxygen atoms in total. The van der Waals surface area contributed by atoms with Crippen LogP contribution in [-0.4, -0.2) is 49.5 Å². The zero-order valence-electron chi connectivity index (χ0n) is 12.0. The van der Waals surface area contributed by atoms with E-state index in [1.807, 2.05) is 0 Å². The monoisotopic (exact) mass is 389 g/mol. The summed E-state index contributed by atoms with van der Waals surface area (Å²) in [4.78, 5) is 42.0. The Morgan fingerprint density at radius 3 is 2.13 bits per heavy atom. The van der Waals surface area contributed by atoms with Crippen LogP contribution < -0.4 is 0 Å². The number of rotatable bonds is 3. The maximum Gasteiger partial charge on any atom is 0.273 e. The van der Waals surface area contributed by atoms with Gasteiger partial charge in [0.1, 0.15) is 11.4 Å². The Morgan fingerprint density at radius 1 is 1.17 bits per heavy atom. The third kappa shape index (κ3) is 5.38. The Morgan fingerprint density at radius 2 is 1.74 bits per heavy atom. The Kier molecular flexibility index (Phi) is 6.70. The average molecular weight is 390 g/mol. The summed E-state index contributed by atoms with van der Waals surface area (Å²) in [5.41, 5.74) is 4.05. The van der Waals surface area contributed by atoms with E-state index in [2.05, 4.69) is 9.97 Å². The summed E-state index contributed by atoms with van der Waals surface area (Å²) in [6, 6.07) is 0. The number of carbonyl (C=O) groups excluding carboxylic acids is 3. The molecule has 1 aliphatic heterocycles. The van der Waals surface area contributed by atoms with E-state index >= 15 is 0 Å². The summed E-state index contributed by atoms with van der Waals surface area (Å²) in [5.74, 6) is -0.0309. The summed E-state index contributed by atoms with van der Waals surface area (Å²) < 4.78 is 0. The molecule has 3 heterocycles. The van der Waals surface area contributed by atoms with Gasteiger partial charge in [0, 0.05) is 36.0 Å². The quantitative estimate of drug-likeness (QED) is 0.751. The first-order valence-electron chi connectivity index (χ1n) is 6.40. The molecular weight excluding hydrogens is 378 g/mol. The van der Waals surface area contributed by atoms with E-state index < -0.39 is 5.24 Å². The molecule has 0 saturated carbocycles. The SMILES string of the molecule is CC(=O)SC1CN(C(=O)c2cscn2)C1.O=C(Cl)c1cscn1. The number of thioether (sulfide) groups is 1. The lowest BCUT2D eigenvalue weighted by molar-refractivity contribution is -0.109. The van der Waals surface area contributed by atoms with Crippen LogP contribution in [-0.2, 0) is 4.79 Å². The highest BCUT2D eigenvalue weighted by Crippen LogP contribution is 2.24. The van der Waals surface area contributed by atoms with E-state index in [9.17, 15) is 14.4 Å². The van der Waals surface area contributed by atoms with Crippen LogP contribution in [0.4, 0.5) is 0 Å². The van der Waals surface area contributed by atoms with Gasteiger partial charge in [-0.05, 0) is 11.6 Å². The summed E-state index contributed by atoms with van der Waals surface area (Å²) >= 11 is 9.12. The van der Waals surface area contributed by atoms with E-state index in [0.29, 0.717) is 24.5 Å². The number of aromatic nitrogens is 2. The normalized spacial score (nSPS) is 13.7. The minimum Gasteiger partial charge on any atom is -0.335 e. The molecule has 0 spiro atoms. The van der Waals surface area contributed by atoms with Crippen LogP contribution in [0.15, 0.2) is 21.8 Å². The Balaban J connectivity index is 0.000000203. The van der Waals surface area contributed by atoms with Crippen molar-refractivity contribution in [3.05, 3.63) is 33.2 Å². The fraction of sp³-hybridized carbons (Fsp3) is 0.308. The van der Waals surface area contributed by atoms with Crippen molar-refractivity contribution in [1.29, 1.82) is 0 Å². The van der Waals surface area contributed by atoms with Crippen molar-refractivity contribution in [3.8, 4) is 0 Å². The van der Waals surface area contributed by atoms with E-state index in [-0.39, 0.29) is 16.3 Å². The number of halogens is 1. The number of amides is 1. The molecular formula is C13H12ClN3O3S3. The molecule has 0 unspecified atom stereocenters. The summed E-state index contributed by atoms with van der Waals surface area (Å²) in [7, 11) is 0. The molecule has 3 rings (SSSR count). The highest BCUT2D eigenvalue weighted by Gasteiger charge is 2.33. The average Bonchev–Trinajstić information content (AvgIpc) is 3.13. The predicted molar refractivity (Wildman–Crippen MR) is 92.4 cm³/mol. The maximum absolute atomic E-state index is 11.7. The topological polar surface area (TPSA) is 80.2 Å². The van der Waals surface area contributed by atoms with Gasteiger partial charge in [-0.3, -0.25) is 14.4 Å². The molecule has 2 aromatic rings. The van der Waals surface area contributed by atoms with Crippen LogP contribution >= 0.6 is 46.0 Å². The van der Waals surface area contributed by atoms with Crippen molar-refractivity contribution < 1.29 is 14.4 Å². The fourth-order valence-electron chi connectivity index (χ4n) is 1.70. The van der Waals surface area contributed by atoms with Crippen molar-refractivity contribution in [2.24, 2.45) is 0 Å². The first-order valence-corrected chi connectivity index (χ1v) is 9.54.